The molecule has 0 aliphatic carbocycles. The summed E-state index contributed by atoms with van der Waals surface area (Å²) in [6.45, 7) is 0.509. The summed E-state index contributed by atoms with van der Waals surface area (Å²) in [7, 11) is 0. The molecular formula is C14H15N3O2. The molecule has 0 atom stereocenters. The standard InChI is InChI=1S/C14H15N3O2/c15-12-3-1-10(2-4-12)5-7-17-14(19)11-6-8-16-13(18)9-11/h1-4,6,8-9H,5,7,15H2,(H,16,18)(H,17,19). The number of nitrogens with two attached hydrogens (primary N) is 1. The van der Waals surface area contributed by atoms with Gasteiger partial charge >= 0.3 is 0 Å². The summed E-state index contributed by atoms with van der Waals surface area (Å²) < 4.78 is 0. The zero-order chi connectivity index (χ0) is 13.7. The topological polar surface area (TPSA) is 88.0 Å². The predicted octanol–water partition coefficient (Wildman–Crippen LogP) is 0.930. The first-order chi connectivity index (χ1) is 9.15. The first kappa shape index (κ1) is 12.9. The molecule has 1 heterocycles. The number of amides is 1. The Morgan fingerprint density at radius 2 is 1.95 bits per heavy atom. The average molecular weight is 257 g/mol. The summed E-state index contributed by atoms with van der Waals surface area (Å²) >= 11 is 0. The highest BCUT2D eigenvalue weighted by Gasteiger charge is 2.04. The maximum absolute atomic E-state index is 11.8. The van der Waals surface area contributed by atoms with Gasteiger partial charge in [-0.15, -0.1) is 0 Å². The van der Waals surface area contributed by atoms with E-state index in [0.717, 1.165) is 17.7 Å². The van der Waals surface area contributed by atoms with Gasteiger partial charge in [-0.2, -0.15) is 0 Å². The van der Waals surface area contributed by atoms with Gasteiger partial charge < -0.3 is 16.0 Å². The lowest BCUT2D eigenvalue weighted by Gasteiger charge is -2.05. The van der Waals surface area contributed by atoms with E-state index in [2.05, 4.69) is 10.3 Å². The molecule has 0 aliphatic rings. The van der Waals surface area contributed by atoms with Crippen LogP contribution < -0.4 is 16.6 Å². The van der Waals surface area contributed by atoms with Crippen molar-refractivity contribution in [3.05, 3.63) is 64.1 Å². The Balaban J connectivity index is 1.87. The van der Waals surface area contributed by atoms with Crippen LogP contribution in [0.3, 0.4) is 0 Å². The van der Waals surface area contributed by atoms with E-state index in [1.165, 1.54) is 12.3 Å². The van der Waals surface area contributed by atoms with Crippen LogP contribution in [0, 0.1) is 0 Å². The molecule has 4 N–H and O–H groups in total. The van der Waals surface area contributed by atoms with Crippen LogP contribution in [0.4, 0.5) is 5.69 Å². The van der Waals surface area contributed by atoms with Crippen LogP contribution in [0.1, 0.15) is 15.9 Å². The van der Waals surface area contributed by atoms with Crippen molar-refractivity contribution in [3.63, 3.8) is 0 Å². The SMILES string of the molecule is Nc1ccc(CCNC(=O)c2cc[nH]c(=O)c2)cc1. The molecular weight excluding hydrogens is 242 g/mol. The van der Waals surface area contributed by atoms with Crippen molar-refractivity contribution in [1.29, 1.82) is 0 Å². The zero-order valence-corrected chi connectivity index (χ0v) is 10.3. The van der Waals surface area contributed by atoms with E-state index in [1.807, 2.05) is 24.3 Å². The molecule has 0 saturated carbocycles. The second-order valence-electron chi connectivity index (χ2n) is 4.19. The largest absolute Gasteiger partial charge is 0.399 e. The second-order valence-corrected chi connectivity index (χ2v) is 4.19. The molecule has 5 nitrogen and oxygen atoms in total. The summed E-state index contributed by atoms with van der Waals surface area (Å²) in [6, 6.07) is 10.4. The summed E-state index contributed by atoms with van der Waals surface area (Å²) in [5, 5.41) is 2.77. The third-order valence-electron chi connectivity index (χ3n) is 2.72. The van der Waals surface area contributed by atoms with Crippen LogP contribution in [0.2, 0.25) is 0 Å². The van der Waals surface area contributed by atoms with E-state index in [0.29, 0.717) is 12.1 Å². The first-order valence-electron chi connectivity index (χ1n) is 5.96. The fourth-order valence-corrected chi connectivity index (χ4v) is 1.69. The Morgan fingerprint density at radius 1 is 1.21 bits per heavy atom. The van der Waals surface area contributed by atoms with Crippen LogP contribution in [0.5, 0.6) is 0 Å². The zero-order valence-electron chi connectivity index (χ0n) is 10.3. The fourth-order valence-electron chi connectivity index (χ4n) is 1.69. The van der Waals surface area contributed by atoms with E-state index >= 15 is 0 Å². The van der Waals surface area contributed by atoms with Crippen molar-refractivity contribution in [2.75, 3.05) is 12.3 Å². The Labute approximate surface area is 110 Å². The fraction of sp³-hybridized carbons (Fsp3) is 0.143. The van der Waals surface area contributed by atoms with Crippen molar-refractivity contribution in [2.24, 2.45) is 0 Å². The molecule has 2 rings (SSSR count). The summed E-state index contributed by atoms with van der Waals surface area (Å²) in [4.78, 5) is 25.3. The molecule has 0 bridgehead atoms. The molecule has 0 aliphatic heterocycles. The van der Waals surface area contributed by atoms with Gasteiger partial charge in [0.05, 0.1) is 0 Å². The number of pyridine rings is 1. The number of aromatic nitrogens is 1. The van der Waals surface area contributed by atoms with Crippen molar-refractivity contribution in [1.82, 2.24) is 10.3 Å². The first-order valence-corrected chi connectivity index (χ1v) is 5.96. The average Bonchev–Trinajstić information content (AvgIpc) is 2.41. The van der Waals surface area contributed by atoms with Crippen molar-refractivity contribution in [3.8, 4) is 0 Å². The van der Waals surface area contributed by atoms with E-state index in [9.17, 15) is 9.59 Å². The minimum Gasteiger partial charge on any atom is -0.399 e. The number of benzene rings is 1. The van der Waals surface area contributed by atoms with Crippen molar-refractivity contribution < 1.29 is 4.79 Å². The number of carbonyl (C=O) groups excluding carboxylic acids is 1. The van der Waals surface area contributed by atoms with Gasteiger partial charge in [0.25, 0.3) is 5.91 Å². The molecule has 0 fully saturated rings. The Bertz CT molecular complexity index is 617. The quantitative estimate of drug-likeness (QED) is 0.712. The molecule has 2 aromatic rings. The van der Waals surface area contributed by atoms with E-state index in [1.54, 1.807) is 6.07 Å². The molecule has 1 aromatic heterocycles. The third kappa shape index (κ3) is 3.70. The molecule has 0 radical (unpaired) electrons. The van der Waals surface area contributed by atoms with Gasteiger partial charge in [-0.05, 0) is 30.2 Å². The highest BCUT2D eigenvalue weighted by atomic mass is 16.2. The number of aromatic amines is 1. The van der Waals surface area contributed by atoms with Gasteiger partial charge in [0, 0.05) is 30.1 Å². The lowest BCUT2D eigenvalue weighted by atomic mass is 10.1. The van der Waals surface area contributed by atoms with Crippen LogP contribution in [0.15, 0.2) is 47.4 Å². The van der Waals surface area contributed by atoms with Crippen LogP contribution in [-0.2, 0) is 6.42 Å². The molecule has 0 unspecified atom stereocenters. The lowest BCUT2D eigenvalue weighted by Crippen LogP contribution is -2.26. The molecule has 98 valence electrons. The molecule has 1 amide bonds. The van der Waals surface area contributed by atoms with Crippen LogP contribution in [-0.4, -0.2) is 17.4 Å². The summed E-state index contributed by atoms with van der Waals surface area (Å²) in [5.74, 6) is -0.249. The Kier molecular flexibility index (Phi) is 3.97. The van der Waals surface area contributed by atoms with Gasteiger partial charge in [0.15, 0.2) is 0 Å². The number of hydrogen-bond donors (Lipinski definition) is 3. The normalized spacial score (nSPS) is 10.1. The summed E-state index contributed by atoms with van der Waals surface area (Å²) in [6.07, 6.45) is 2.17. The highest BCUT2D eigenvalue weighted by Crippen LogP contribution is 2.05. The Hall–Kier alpha value is -2.56. The molecule has 1 aromatic carbocycles. The number of nitrogen functional groups attached to an aromatic ring is 1. The van der Waals surface area contributed by atoms with Crippen molar-refractivity contribution in [2.45, 2.75) is 6.42 Å². The van der Waals surface area contributed by atoms with Gasteiger partial charge in [0.2, 0.25) is 5.56 Å². The van der Waals surface area contributed by atoms with Gasteiger partial charge in [-0.1, -0.05) is 12.1 Å². The van der Waals surface area contributed by atoms with E-state index in [4.69, 9.17) is 5.73 Å². The number of nitrogens with one attached hydrogen (secondary N) is 2. The van der Waals surface area contributed by atoms with Crippen LogP contribution in [0.25, 0.3) is 0 Å². The van der Waals surface area contributed by atoms with Crippen molar-refractivity contribution >= 4 is 11.6 Å². The third-order valence-corrected chi connectivity index (χ3v) is 2.72. The molecule has 0 saturated heterocycles. The predicted molar refractivity (Wildman–Crippen MR) is 74.0 cm³/mol. The number of H-pyrrole nitrogens is 1. The monoisotopic (exact) mass is 257 g/mol. The number of carbonyl (C=O) groups is 1. The van der Waals surface area contributed by atoms with E-state index < -0.39 is 0 Å². The minimum absolute atomic E-state index is 0.249. The Morgan fingerprint density at radius 3 is 2.63 bits per heavy atom. The summed E-state index contributed by atoms with van der Waals surface area (Å²) in [5.41, 5.74) is 7.48. The lowest BCUT2D eigenvalue weighted by molar-refractivity contribution is 0.0954. The maximum Gasteiger partial charge on any atom is 0.251 e. The van der Waals surface area contributed by atoms with Gasteiger partial charge in [-0.25, -0.2) is 0 Å². The van der Waals surface area contributed by atoms with E-state index in [-0.39, 0.29) is 11.5 Å². The smallest absolute Gasteiger partial charge is 0.251 e. The molecule has 0 spiro atoms. The number of rotatable bonds is 4. The van der Waals surface area contributed by atoms with Crippen LogP contribution >= 0.6 is 0 Å². The number of anilines is 1. The molecule has 5 heteroatoms. The maximum atomic E-state index is 11.8. The number of hydrogen-bond acceptors (Lipinski definition) is 3. The second kappa shape index (κ2) is 5.86. The highest BCUT2D eigenvalue weighted by molar-refractivity contribution is 5.93. The van der Waals surface area contributed by atoms with Gasteiger partial charge in [0.1, 0.15) is 0 Å². The molecule has 19 heavy (non-hydrogen) atoms. The minimum atomic E-state index is -0.286. The van der Waals surface area contributed by atoms with Gasteiger partial charge in [-0.3, -0.25) is 9.59 Å².